The summed E-state index contributed by atoms with van der Waals surface area (Å²) in [5.74, 6) is -1.16. The SMILES string of the molecule is CCOc1ccc(C(=O)Nc2sc(C(=O)O)c(C)c2C#N)cc1Cl. The Balaban J connectivity index is 2.30. The molecule has 1 amide bonds. The van der Waals surface area contributed by atoms with Gasteiger partial charge in [0.2, 0.25) is 0 Å². The van der Waals surface area contributed by atoms with Gasteiger partial charge >= 0.3 is 5.97 Å². The average molecular weight is 365 g/mol. The lowest BCUT2D eigenvalue weighted by molar-refractivity contribution is 0.0701. The zero-order valence-corrected chi connectivity index (χ0v) is 14.4. The summed E-state index contributed by atoms with van der Waals surface area (Å²) in [7, 11) is 0. The number of carbonyl (C=O) groups is 2. The van der Waals surface area contributed by atoms with Gasteiger partial charge in [0.15, 0.2) is 0 Å². The molecule has 1 heterocycles. The smallest absolute Gasteiger partial charge is 0.346 e. The van der Waals surface area contributed by atoms with Crippen molar-refractivity contribution in [3.8, 4) is 11.8 Å². The number of carboxylic acids is 1. The molecule has 0 radical (unpaired) electrons. The topological polar surface area (TPSA) is 99.4 Å². The highest BCUT2D eigenvalue weighted by atomic mass is 35.5. The number of amides is 1. The van der Waals surface area contributed by atoms with Gasteiger partial charge in [-0.15, -0.1) is 11.3 Å². The Morgan fingerprint density at radius 3 is 2.71 bits per heavy atom. The molecule has 124 valence electrons. The Labute approximate surface area is 147 Å². The normalized spacial score (nSPS) is 10.1. The van der Waals surface area contributed by atoms with Crippen LogP contribution in [0.4, 0.5) is 5.00 Å². The summed E-state index contributed by atoms with van der Waals surface area (Å²) >= 11 is 6.90. The highest BCUT2D eigenvalue weighted by Crippen LogP contribution is 2.33. The zero-order chi connectivity index (χ0) is 17.9. The molecule has 0 saturated carbocycles. The third-order valence-electron chi connectivity index (χ3n) is 3.17. The van der Waals surface area contributed by atoms with E-state index in [1.807, 2.05) is 13.0 Å². The van der Waals surface area contributed by atoms with Crippen LogP contribution in [0.5, 0.6) is 5.75 Å². The van der Waals surface area contributed by atoms with Gasteiger partial charge in [-0.25, -0.2) is 4.79 Å². The van der Waals surface area contributed by atoms with Crippen molar-refractivity contribution >= 4 is 39.8 Å². The van der Waals surface area contributed by atoms with Gasteiger partial charge in [-0.05, 0) is 37.6 Å². The van der Waals surface area contributed by atoms with E-state index in [2.05, 4.69) is 5.32 Å². The van der Waals surface area contributed by atoms with E-state index in [1.54, 1.807) is 6.07 Å². The largest absolute Gasteiger partial charge is 0.492 e. The second-order valence-electron chi connectivity index (χ2n) is 4.71. The maximum absolute atomic E-state index is 12.3. The number of nitrogens with zero attached hydrogens (tertiary/aromatic N) is 1. The molecule has 0 saturated heterocycles. The highest BCUT2D eigenvalue weighted by Gasteiger charge is 2.21. The van der Waals surface area contributed by atoms with Crippen LogP contribution in [0.2, 0.25) is 5.02 Å². The van der Waals surface area contributed by atoms with E-state index >= 15 is 0 Å². The molecule has 0 bridgehead atoms. The number of ether oxygens (including phenoxy) is 1. The van der Waals surface area contributed by atoms with E-state index < -0.39 is 11.9 Å². The van der Waals surface area contributed by atoms with Crippen molar-refractivity contribution in [2.45, 2.75) is 13.8 Å². The van der Waals surface area contributed by atoms with E-state index in [0.29, 0.717) is 22.9 Å². The summed E-state index contributed by atoms with van der Waals surface area (Å²) in [6.45, 7) is 3.80. The van der Waals surface area contributed by atoms with E-state index in [0.717, 1.165) is 11.3 Å². The number of hydrogen-bond donors (Lipinski definition) is 2. The molecule has 1 aromatic heterocycles. The monoisotopic (exact) mass is 364 g/mol. The number of rotatable bonds is 5. The molecule has 0 unspecified atom stereocenters. The third kappa shape index (κ3) is 3.50. The van der Waals surface area contributed by atoms with E-state index in [4.69, 9.17) is 21.4 Å². The van der Waals surface area contributed by atoms with Gasteiger partial charge < -0.3 is 15.2 Å². The highest BCUT2D eigenvalue weighted by molar-refractivity contribution is 7.18. The number of aromatic carboxylic acids is 1. The van der Waals surface area contributed by atoms with Crippen LogP contribution >= 0.6 is 22.9 Å². The van der Waals surface area contributed by atoms with E-state index in [-0.39, 0.29) is 21.0 Å². The number of hydrogen-bond acceptors (Lipinski definition) is 5. The average Bonchev–Trinajstić information content (AvgIpc) is 2.85. The minimum Gasteiger partial charge on any atom is -0.492 e. The molecule has 0 spiro atoms. The third-order valence-corrected chi connectivity index (χ3v) is 4.66. The van der Waals surface area contributed by atoms with Crippen LogP contribution in [0.1, 0.15) is 38.1 Å². The number of anilines is 1. The number of nitriles is 1. The molecule has 2 aromatic rings. The Kier molecular flexibility index (Phi) is 5.44. The summed E-state index contributed by atoms with van der Waals surface area (Å²) in [5, 5.41) is 21.4. The minimum atomic E-state index is -1.14. The second-order valence-corrected chi connectivity index (χ2v) is 6.14. The number of carbonyl (C=O) groups excluding carboxylic acids is 1. The minimum absolute atomic E-state index is 0.0200. The van der Waals surface area contributed by atoms with Crippen LogP contribution in [0, 0.1) is 18.3 Å². The van der Waals surface area contributed by atoms with Crippen molar-refractivity contribution in [3.05, 3.63) is 44.8 Å². The first-order chi connectivity index (χ1) is 11.4. The fourth-order valence-electron chi connectivity index (χ4n) is 2.03. The molecule has 8 heteroatoms. The first kappa shape index (κ1) is 17.8. The van der Waals surface area contributed by atoms with Crippen LogP contribution in [0.25, 0.3) is 0 Å². The molecule has 24 heavy (non-hydrogen) atoms. The Hall–Kier alpha value is -2.56. The van der Waals surface area contributed by atoms with Gasteiger partial charge in [0, 0.05) is 5.56 Å². The fraction of sp³-hybridized carbons (Fsp3) is 0.188. The number of thiophene rings is 1. The van der Waals surface area contributed by atoms with E-state index in [9.17, 15) is 14.9 Å². The Morgan fingerprint density at radius 1 is 1.46 bits per heavy atom. The maximum Gasteiger partial charge on any atom is 0.346 e. The summed E-state index contributed by atoms with van der Waals surface area (Å²) in [5.41, 5.74) is 0.744. The zero-order valence-electron chi connectivity index (χ0n) is 12.8. The number of benzene rings is 1. The molecule has 0 aliphatic rings. The predicted molar refractivity (Wildman–Crippen MR) is 91.3 cm³/mol. The van der Waals surface area contributed by atoms with Crippen molar-refractivity contribution in [1.29, 1.82) is 5.26 Å². The molecule has 0 fully saturated rings. The standard InChI is InChI=1S/C16H13ClN2O4S/c1-3-23-12-5-4-9(6-11(12)17)14(20)19-15-10(7-18)8(2)13(24-15)16(21)22/h4-6H,3H2,1-2H3,(H,19,20)(H,21,22). The molecular formula is C16H13ClN2O4S. The van der Waals surface area contributed by atoms with Crippen molar-refractivity contribution in [2.75, 3.05) is 11.9 Å². The predicted octanol–water partition coefficient (Wildman–Crippen LogP) is 3.93. The van der Waals surface area contributed by atoms with Crippen LogP contribution in [-0.4, -0.2) is 23.6 Å². The lowest BCUT2D eigenvalue weighted by atomic mass is 10.1. The molecule has 0 aliphatic heterocycles. The lowest BCUT2D eigenvalue weighted by Gasteiger charge is -2.08. The van der Waals surface area contributed by atoms with Gasteiger partial charge in [0.1, 0.15) is 21.7 Å². The van der Waals surface area contributed by atoms with Gasteiger partial charge in [0.05, 0.1) is 17.2 Å². The van der Waals surface area contributed by atoms with E-state index in [1.165, 1.54) is 19.1 Å². The molecule has 0 atom stereocenters. The van der Waals surface area contributed by atoms with Gasteiger partial charge in [-0.2, -0.15) is 5.26 Å². The van der Waals surface area contributed by atoms with Gasteiger partial charge in [0.25, 0.3) is 5.91 Å². The van der Waals surface area contributed by atoms with Gasteiger partial charge in [-0.1, -0.05) is 11.6 Å². The second kappa shape index (κ2) is 7.34. The summed E-state index contributed by atoms with van der Waals surface area (Å²) in [4.78, 5) is 23.5. The number of nitrogens with one attached hydrogen (secondary N) is 1. The van der Waals surface area contributed by atoms with Crippen LogP contribution in [0.3, 0.4) is 0 Å². The fourth-order valence-corrected chi connectivity index (χ4v) is 3.26. The molecule has 0 aliphatic carbocycles. The quantitative estimate of drug-likeness (QED) is 0.837. The van der Waals surface area contributed by atoms with Crippen molar-refractivity contribution in [2.24, 2.45) is 0 Å². The van der Waals surface area contributed by atoms with Crippen LogP contribution < -0.4 is 10.1 Å². The molecule has 2 rings (SSSR count). The Bertz CT molecular complexity index is 854. The molecular weight excluding hydrogens is 352 g/mol. The first-order valence-electron chi connectivity index (χ1n) is 6.89. The summed E-state index contributed by atoms with van der Waals surface area (Å²) in [6.07, 6.45) is 0. The van der Waals surface area contributed by atoms with Crippen molar-refractivity contribution in [1.82, 2.24) is 0 Å². The van der Waals surface area contributed by atoms with Crippen molar-refractivity contribution in [3.63, 3.8) is 0 Å². The summed E-state index contributed by atoms with van der Waals surface area (Å²) < 4.78 is 5.30. The molecule has 1 aromatic carbocycles. The molecule has 6 nitrogen and oxygen atoms in total. The maximum atomic E-state index is 12.3. The number of halogens is 1. The van der Waals surface area contributed by atoms with Gasteiger partial charge in [-0.3, -0.25) is 4.79 Å². The van der Waals surface area contributed by atoms with Crippen LogP contribution in [-0.2, 0) is 0 Å². The van der Waals surface area contributed by atoms with Crippen LogP contribution in [0.15, 0.2) is 18.2 Å². The summed E-state index contributed by atoms with van der Waals surface area (Å²) in [6, 6.07) is 6.49. The Morgan fingerprint density at radius 2 is 2.17 bits per heavy atom. The lowest BCUT2D eigenvalue weighted by Crippen LogP contribution is -2.11. The first-order valence-corrected chi connectivity index (χ1v) is 8.09. The molecule has 2 N–H and O–H groups in total. The van der Waals surface area contributed by atoms with Crippen molar-refractivity contribution < 1.29 is 19.4 Å². The number of carboxylic acid groups (broad SMARTS) is 1.